The lowest BCUT2D eigenvalue weighted by molar-refractivity contribution is 0.0941. The number of H-pyrrole nitrogens is 1. The van der Waals surface area contributed by atoms with Gasteiger partial charge < -0.3 is 15.4 Å². The highest BCUT2D eigenvalue weighted by atomic mass is 32.1. The number of aromatic nitrogens is 1. The summed E-state index contributed by atoms with van der Waals surface area (Å²) in [7, 11) is 0. The SMILES string of the molecule is O=C(NC[C@H](CO)Cc1cccs1)c1c[nH]c(=O)c2ccccc12. The van der Waals surface area contributed by atoms with Gasteiger partial charge in [-0.2, -0.15) is 0 Å². The Morgan fingerprint density at radius 1 is 1.21 bits per heavy atom. The number of amides is 1. The highest BCUT2D eigenvalue weighted by Gasteiger charge is 2.15. The van der Waals surface area contributed by atoms with Crippen LogP contribution in [0.1, 0.15) is 15.2 Å². The Labute approximate surface area is 143 Å². The van der Waals surface area contributed by atoms with Gasteiger partial charge in [-0.05, 0) is 23.9 Å². The molecule has 0 aliphatic carbocycles. The molecular formula is C18H18N2O3S. The summed E-state index contributed by atoms with van der Waals surface area (Å²) in [5.74, 6) is -0.297. The van der Waals surface area contributed by atoms with Crippen LogP contribution in [0.3, 0.4) is 0 Å². The normalized spacial score (nSPS) is 12.2. The van der Waals surface area contributed by atoms with Crippen molar-refractivity contribution < 1.29 is 9.90 Å². The van der Waals surface area contributed by atoms with E-state index in [1.165, 1.54) is 11.1 Å². The van der Waals surface area contributed by atoms with E-state index in [1.54, 1.807) is 35.6 Å². The van der Waals surface area contributed by atoms with Gasteiger partial charge in [0, 0.05) is 40.9 Å². The minimum absolute atomic E-state index is 0.00451. The van der Waals surface area contributed by atoms with Crippen molar-refractivity contribution in [2.45, 2.75) is 6.42 Å². The number of rotatable bonds is 6. The molecule has 0 aliphatic rings. The number of aromatic amines is 1. The molecule has 0 saturated carbocycles. The average Bonchev–Trinajstić information content (AvgIpc) is 3.12. The summed E-state index contributed by atoms with van der Waals surface area (Å²) in [6.07, 6.45) is 2.16. The Hall–Kier alpha value is -2.44. The molecule has 1 amide bonds. The molecule has 2 aromatic heterocycles. The van der Waals surface area contributed by atoms with Crippen LogP contribution in [0, 0.1) is 5.92 Å². The summed E-state index contributed by atoms with van der Waals surface area (Å²) >= 11 is 1.64. The fraction of sp³-hybridized carbons (Fsp3) is 0.222. The van der Waals surface area contributed by atoms with E-state index >= 15 is 0 Å². The van der Waals surface area contributed by atoms with Gasteiger partial charge >= 0.3 is 0 Å². The van der Waals surface area contributed by atoms with Crippen LogP contribution in [0.2, 0.25) is 0 Å². The first-order valence-electron chi connectivity index (χ1n) is 7.71. The second kappa shape index (κ2) is 7.42. The van der Waals surface area contributed by atoms with Crippen LogP contribution in [0.25, 0.3) is 10.8 Å². The van der Waals surface area contributed by atoms with E-state index in [1.807, 2.05) is 17.5 Å². The summed E-state index contributed by atoms with van der Waals surface area (Å²) in [6.45, 7) is 0.380. The molecule has 0 unspecified atom stereocenters. The van der Waals surface area contributed by atoms with Crippen molar-refractivity contribution in [2.24, 2.45) is 5.92 Å². The molecule has 0 saturated heterocycles. The molecule has 2 heterocycles. The maximum atomic E-state index is 12.5. The summed E-state index contributed by atoms with van der Waals surface area (Å²) in [5, 5.41) is 15.5. The summed E-state index contributed by atoms with van der Waals surface area (Å²) in [5.41, 5.74) is 0.214. The molecule has 0 bridgehead atoms. The van der Waals surface area contributed by atoms with Crippen molar-refractivity contribution >= 4 is 28.0 Å². The molecule has 6 heteroatoms. The predicted molar refractivity (Wildman–Crippen MR) is 95.5 cm³/mol. The molecule has 5 nitrogen and oxygen atoms in total. The van der Waals surface area contributed by atoms with E-state index in [4.69, 9.17) is 0 Å². The van der Waals surface area contributed by atoms with Gasteiger partial charge in [-0.3, -0.25) is 9.59 Å². The Morgan fingerprint density at radius 2 is 2.00 bits per heavy atom. The topological polar surface area (TPSA) is 82.2 Å². The molecule has 0 fully saturated rings. The zero-order chi connectivity index (χ0) is 16.9. The van der Waals surface area contributed by atoms with Gasteiger partial charge in [-0.15, -0.1) is 11.3 Å². The minimum atomic E-state index is -0.257. The van der Waals surface area contributed by atoms with Crippen LogP contribution in [-0.2, 0) is 6.42 Å². The molecule has 124 valence electrons. The highest BCUT2D eigenvalue weighted by Crippen LogP contribution is 2.16. The standard InChI is InChI=1S/C18H18N2O3S/c21-11-12(8-13-4-3-7-24-13)9-19-18(23)16-10-20-17(22)15-6-2-1-5-14(15)16/h1-7,10,12,21H,8-9,11H2,(H,19,23)(H,20,22)/t12-/m1/s1. The third-order valence-corrected chi connectivity index (χ3v) is 4.83. The Bertz CT molecular complexity index is 887. The van der Waals surface area contributed by atoms with Gasteiger partial charge in [0.1, 0.15) is 0 Å². The smallest absolute Gasteiger partial charge is 0.255 e. The minimum Gasteiger partial charge on any atom is -0.396 e. The number of carbonyl (C=O) groups is 1. The summed E-state index contributed by atoms with van der Waals surface area (Å²) in [6, 6.07) is 11.0. The summed E-state index contributed by atoms with van der Waals surface area (Å²) in [4.78, 5) is 28.1. The maximum Gasteiger partial charge on any atom is 0.255 e. The molecule has 3 N–H and O–H groups in total. The summed E-state index contributed by atoms with van der Waals surface area (Å²) < 4.78 is 0. The molecule has 3 rings (SSSR count). The molecule has 0 spiro atoms. The van der Waals surface area contributed by atoms with E-state index in [0.29, 0.717) is 22.9 Å². The number of carbonyl (C=O) groups excluding carboxylic acids is 1. The quantitative estimate of drug-likeness (QED) is 0.642. The van der Waals surface area contributed by atoms with Crippen molar-refractivity contribution in [3.63, 3.8) is 0 Å². The molecule has 1 atom stereocenters. The largest absolute Gasteiger partial charge is 0.396 e. The number of nitrogens with one attached hydrogen (secondary N) is 2. The Morgan fingerprint density at radius 3 is 2.71 bits per heavy atom. The number of pyridine rings is 1. The van der Waals surface area contributed by atoms with Crippen molar-refractivity contribution in [1.82, 2.24) is 10.3 Å². The zero-order valence-electron chi connectivity index (χ0n) is 13.0. The van der Waals surface area contributed by atoms with E-state index in [9.17, 15) is 14.7 Å². The van der Waals surface area contributed by atoms with Crippen molar-refractivity contribution in [1.29, 1.82) is 0 Å². The molecule has 3 aromatic rings. The zero-order valence-corrected chi connectivity index (χ0v) is 13.8. The van der Waals surface area contributed by atoms with E-state index in [2.05, 4.69) is 10.3 Å². The van der Waals surface area contributed by atoms with Gasteiger partial charge in [0.2, 0.25) is 0 Å². The van der Waals surface area contributed by atoms with E-state index in [-0.39, 0.29) is 24.0 Å². The van der Waals surface area contributed by atoms with Crippen LogP contribution < -0.4 is 10.9 Å². The lowest BCUT2D eigenvalue weighted by atomic mass is 10.0. The van der Waals surface area contributed by atoms with Crippen LogP contribution in [0.4, 0.5) is 0 Å². The van der Waals surface area contributed by atoms with Gasteiger partial charge in [-0.25, -0.2) is 0 Å². The monoisotopic (exact) mass is 342 g/mol. The Balaban J connectivity index is 1.73. The average molecular weight is 342 g/mol. The van der Waals surface area contributed by atoms with Gasteiger partial charge in [0.15, 0.2) is 0 Å². The van der Waals surface area contributed by atoms with Crippen molar-refractivity contribution in [3.05, 3.63) is 68.8 Å². The first-order valence-corrected chi connectivity index (χ1v) is 8.59. The third-order valence-electron chi connectivity index (χ3n) is 3.93. The van der Waals surface area contributed by atoms with Crippen LogP contribution in [-0.4, -0.2) is 29.1 Å². The number of hydrogen-bond donors (Lipinski definition) is 3. The highest BCUT2D eigenvalue weighted by molar-refractivity contribution is 7.09. The van der Waals surface area contributed by atoms with Gasteiger partial charge in [-0.1, -0.05) is 24.3 Å². The predicted octanol–water partition coefficient (Wildman–Crippen LogP) is 2.17. The lowest BCUT2D eigenvalue weighted by Gasteiger charge is -2.14. The van der Waals surface area contributed by atoms with Crippen LogP contribution in [0.15, 0.2) is 52.8 Å². The molecular weight excluding hydrogens is 324 g/mol. The Kier molecular flexibility index (Phi) is 5.08. The van der Waals surface area contributed by atoms with Gasteiger partial charge in [0.25, 0.3) is 11.5 Å². The van der Waals surface area contributed by atoms with E-state index in [0.717, 1.165) is 6.42 Å². The van der Waals surface area contributed by atoms with Crippen LogP contribution in [0.5, 0.6) is 0 Å². The van der Waals surface area contributed by atoms with Crippen molar-refractivity contribution in [2.75, 3.05) is 13.2 Å². The molecule has 1 aromatic carbocycles. The molecule has 0 radical (unpaired) electrons. The van der Waals surface area contributed by atoms with Crippen molar-refractivity contribution in [3.8, 4) is 0 Å². The first kappa shape index (κ1) is 16.4. The van der Waals surface area contributed by atoms with Crippen LogP contribution >= 0.6 is 11.3 Å². The van der Waals surface area contributed by atoms with Gasteiger partial charge in [0.05, 0.1) is 5.56 Å². The third kappa shape index (κ3) is 3.55. The number of benzene rings is 1. The lowest BCUT2D eigenvalue weighted by Crippen LogP contribution is -2.32. The fourth-order valence-corrected chi connectivity index (χ4v) is 3.46. The fourth-order valence-electron chi connectivity index (χ4n) is 2.64. The number of thiophene rings is 1. The number of fused-ring (bicyclic) bond motifs is 1. The molecule has 24 heavy (non-hydrogen) atoms. The molecule has 0 aliphatic heterocycles. The first-order chi connectivity index (χ1) is 11.7. The second-order valence-electron chi connectivity index (χ2n) is 5.62. The number of aliphatic hydroxyl groups excluding tert-OH is 1. The number of hydrogen-bond acceptors (Lipinski definition) is 4. The second-order valence-corrected chi connectivity index (χ2v) is 6.65. The van der Waals surface area contributed by atoms with E-state index < -0.39 is 0 Å². The maximum absolute atomic E-state index is 12.5. The number of aliphatic hydroxyl groups is 1.